The maximum atomic E-state index is 13.1. The fraction of sp³-hybridized carbons (Fsp3) is 0.0952. The molecule has 0 saturated heterocycles. The zero-order valence-electron chi connectivity index (χ0n) is 13.0. The lowest BCUT2D eigenvalue weighted by Gasteiger charge is -2.28. The molecule has 0 fully saturated rings. The molecule has 0 spiro atoms. The molecule has 1 atom stereocenters. The van der Waals surface area contributed by atoms with Gasteiger partial charge in [0, 0.05) is 10.7 Å². The van der Waals surface area contributed by atoms with E-state index in [0.717, 1.165) is 22.4 Å². The van der Waals surface area contributed by atoms with Crippen LogP contribution in [-0.2, 0) is 16.6 Å². The molecule has 1 aliphatic rings. The van der Waals surface area contributed by atoms with Gasteiger partial charge in [0.1, 0.15) is 5.41 Å². The average Bonchev–Trinajstić information content (AvgIpc) is 2.89. The smallest absolute Gasteiger partial charge is 0.239 e. The summed E-state index contributed by atoms with van der Waals surface area (Å²) in [6, 6.07) is 25.6. The Labute approximate surface area is 146 Å². The minimum absolute atomic E-state index is 0.00914. The van der Waals surface area contributed by atoms with Crippen molar-refractivity contribution in [3.8, 4) is 0 Å². The summed E-state index contributed by atoms with van der Waals surface area (Å²) in [6.45, 7) is 0. The maximum Gasteiger partial charge on any atom is 0.239 e. The Morgan fingerprint density at radius 3 is 2.42 bits per heavy atom. The van der Waals surface area contributed by atoms with Crippen molar-refractivity contribution < 1.29 is 4.79 Å². The Balaban J connectivity index is 1.93. The predicted octanol–water partition coefficient (Wildman–Crippen LogP) is 4.82. The van der Waals surface area contributed by atoms with Gasteiger partial charge in [-0.1, -0.05) is 72.3 Å². The summed E-state index contributed by atoms with van der Waals surface area (Å²) >= 11 is 6.16. The van der Waals surface area contributed by atoms with E-state index in [4.69, 9.17) is 11.6 Å². The number of hydrogen-bond acceptors (Lipinski definition) is 1. The van der Waals surface area contributed by atoms with Crippen molar-refractivity contribution in [3.63, 3.8) is 0 Å². The van der Waals surface area contributed by atoms with Gasteiger partial charge in [0.05, 0.1) is 0 Å². The summed E-state index contributed by atoms with van der Waals surface area (Å²) in [6.07, 6.45) is 0.570. The van der Waals surface area contributed by atoms with Crippen LogP contribution in [0.3, 0.4) is 0 Å². The highest BCUT2D eigenvalue weighted by Crippen LogP contribution is 2.45. The Kier molecular flexibility index (Phi) is 3.62. The summed E-state index contributed by atoms with van der Waals surface area (Å²) in [4.78, 5) is 13.1. The molecule has 24 heavy (non-hydrogen) atoms. The van der Waals surface area contributed by atoms with Gasteiger partial charge < -0.3 is 5.32 Å². The first-order chi connectivity index (χ1) is 11.7. The van der Waals surface area contributed by atoms with Crippen LogP contribution in [0.25, 0.3) is 0 Å². The summed E-state index contributed by atoms with van der Waals surface area (Å²) in [5.41, 5.74) is 3.20. The highest BCUT2D eigenvalue weighted by molar-refractivity contribution is 6.30. The second-order valence-corrected chi connectivity index (χ2v) is 6.51. The lowest BCUT2D eigenvalue weighted by molar-refractivity contribution is -0.119. The third-order valence-electron chi connectivity index (χ3n) is 4.65. The molecule has 0 aliphatic carbocycles. The Bertz CT molecular complexity index is 906. The van der Waals surface area contributed by atoms with Crippen molar-refractivity contribution in [1.82, 2.24) is 0 Å². The van der Waals surface area contributed by atoms with Crippen LogP contribution in [0, 0.1) is 0 Å². The molecule has 118 valence electrons. The molecule has 3 aromatic carbocycles. The van der Waals surface area contributed by atoms with Crippen LogP contribution in [0.5, 0.6) is 0 Å². The van der Waals surface area contributed by atoms with Crippen molar-refractivity contribution in [2.75, 3.05) is 5.32 Å². The van der Waals surface area contributed by atoms with E-state index in [1.807, 2.05) is 78.9 Å². The molecule has 1 amide bonds. The zero-order valence-corrected chi connectivity index (χ0v) is 13.8. The van der Waals surface area contributed by atoms with Gasteiger partial charge in [0.15, 0.2) is 0 Å². The molecule has 4 rings (SSSR count). The number of benzene rings is 3. The van der Waals surface area contributed by atoms with Crippen molar-refractivity contribution in [2.45, 2.75) is 11.8 Å². The fourth-order valence-corrected chi connectivity index (χ4v) is 3.77. The Hall–Kier alpha value is -2.58. The second kappa shape index (κ2) is 5.81. The van der Waals surface area contributed by atoms with Crippen LogP contribution in [0.4, 0.5) is 5.69 Å². The fourth-order valence-electron chi connectivity index (χ4n) is 3.56. The number of nitrogens with one attached hydrogen (secondary N) is 1. The number of carbonyl (C=O) groups excluding carboxylic acids is 1. The topological polar surface area (TPSA) is 29.1 Å². The Morgan fingerprint density at radius 2 is 1.62 bits per heavy atom. The second-order valence-electron chi connectivity index (χ2n) is 6.08. The minimum Gasteiger partial charge on any atom is -0.325 e. The lowest BCUT2D eigenvalue weighted by atomic mass is 9.71. The van der Waals surface area contributed by atoms with E-state index >= 15 is 0 Å². The van der Waals surface area contributed by atoms with Crippen molar-refractivity contribution >= 4 is 23.2 Å². The molecule has 1 aliphatic heterocycles. The predicted molar refractivity (Wildman–Crippen MR) is 97.4 cm³/mol. The molecule has 0 radical (unpaired) electrons. The van der Waals surface area contributed by atoms with E-state index in [-0.39, 0.29) is 5.91 Å². The lowest BCUT2D eigenvalue weighted by Crippen LogP contribution is -2.38. The third kappa shape index (κ3) is 2.31. The molecule has 3 aromatic rings. The quantitative estimate of drug-likeness (QED) is 0.731. The summed E-state index contributed by atoms with van der Waals surface area (Å²) in [7, 11) is 0. The van der Waals surface area contributed by atoms with Crippen molar-refractivity contribution in [1.29, 1.82) is 0 Å². The highest BCUT2D eigenvalue weighted by Gasteiger charge is 2.47. The summed E-state index contributed by atoms with van der Waals surface area (Å²) < 4.78 is 0. The van der Waals surface area contributed by atoms with Gasteiger partial charge in [-0.25, -0.2) is 0 Å². The number of hydrogen-bond donors (Lipinski definition) is 1. The first kappa shape index (κ1) is 15.0. The van der Waals surface area contributed by atoms with Crippen LogP contribution in [-0.4, -0.2) is 5.91 Å². The van der Waals surface area contributed by atoms with Gasteiger partial charge in [-0.2, -0.15) is 0 Å². The van der Waals surface area contributed by atoms with E-state index in [2.05, 4.69) is 5.32 Å². The average molecular weight is 334 g/mol. The molecule has 0 bridgehead atoms. The molecule has 1 heterocycles. The molecular weight excluding hydrogens is 318 g/mol. The molecule has 0 aromatic heterocycles. The van der Waals surface area contributed by atoms with Gasteiger partial charge >= 0.3 is 0 Å². The van der Waals surface area contributed by atoms with E-state index in [0.29, 0.717) is 11.4 Å². The zero-order chi connectivity index (χ0) is 16.6. The number of rotatable bonds is 3. The van der Waals surface area contributed by atoms with Gasteiger partial charge in [-0.3, -0.25) is 4.79 Å². The van der Waals surface area contributed by atoms with Crippen LogP contribution in [0.1, 0.15) is 16.7 Å². The normalized spacial score (nSPS) is 19.0. The number of amides is 1. The maximum absolute atomic E-state index is 13.1. The minimum atomic E-state index is -0.734. The highest BCUT2D eigenvalue weighted by atomic mass is 35.5. The molecule has 3 heteroatoms. The van der Waals surface area contributed by atoms with Crippen molar-refractivity contribution in [3.05, 3.63) is 101 Å². The van der Waals surface area contributed by atoms with E-state index in [1.54, 1.807) is 0 Å². The summed E-state index contributed by atoms with van der Waals surface area (Å²) in [5, 5.41) is 3.73. The van der Waals surface area contributed by atoms with Crippen LogP contribution >= 0.6 is 11.6 Å². The number of halogens is 1. The molecule has 0 unspecified atom stereocenters. The van der Waals surface area contributed by atoms with Gasteiger partial charge in [0.2, 0.25) is 5.91 Å². The van der Waals surface area contributed by atoms with Crippen LogP contribution < -0.4 is 5.32 Å². The summed E-state index contributed by atoms with van der Waals surface area (Å²) in [5.74, 6) is 0.00914. The van der Waals surface area contributed by atoms with E-state index in [1.165, 1.54) is 0 Å². The van der Waals surface area contributed by atoms with Gasteiger partial charge in [-0.15, -0.1) is 0 Å². The third-order valence-corrected chi connectivity index (χ3v) is 4.88. The molecule has 1 N–H and O–H groups in total. The Morgan fingerprint density at radius 1 is 0.875 bits per heavy atom. The van der Waals surface area contributed by atoms with Gasteiger partial charge in [0.25, 0.3) is 0 Å². The molecule has 2 nitrogen and oxygen atoms in total. The standard InChI is InChI=1S/C21H16ClNO/c22-17-10-6-7-15(13-17)14-21(16-8-2-1-3-9-16)18-11-4-5-12-19(18)23-20(21)24/h1-13H,14H2,(H,23,24)/t21-/m1/s1. The van der Waals surface area contributed by atoms with Crippen molar-refractivity contribution in [2.24, 2.45) is 0 Å². The number of para-hydroxylation sites is 1. The van der Waals surface area contributed by atoms with Crippen LogP contribution in [0.15, 0.2) is 78.9 Å². The number of anilines is 1. The SMILES string of the molecule is O=C1Nc2ccccc2[C@@]1(Cc1cccc(Cl)c1)c1ccccc1. The van der Waals surface area contributed by atoms with E-state index in [9.17, 15) is 4.79 Å². The monoisotopic (exact) mass is 333 g/mol. The first-order valence-electron chi connectivity index (χ1n) is 7.91. The molecule has 0 saturated carbocycles. The largest absolute Gasteiger partial charge is 0.325 e. The first-order valence-corrected chi connectivity index (χ1v) is 8.29. The van der Waals surface area contributed by atoms with E-state index < -0.39 is 5.41 Å². The van der Waals surface area contributed by atoms with Gasteiger partial charge in [-0.05, 0) is 41.3 Å². The van der Waals surface area contributed by atoms with Crippen LogP contribution in [0.2, 0.25) is 5.02 Å². The molecular formula is C21H16ClNO. The number of fused-ring (bicyclic) bond motifs is 1. The number of carbonyl (C=O) groups is 1.